The molecule has 2 aliphatic rings. The van der Waals surface area contributed by atoms with E-state index in [4.69, 9.17) is 9.47 Å². The number of ether oxygens (including phenoxy) is 2. The van der Waals surface area contributed by atoms with Crippen molar-refractivity contribution >= 4 is 17.7 Å². The number of benzene rings is 2. The van der Waals surface area contributed by atoms with Crippen molar-refractivity contribution < 1.29 is 19.1 Å². The van der Waals surface area contributed by atoms with Crippen molar-refractivity contribution in [2.24, 2.45) is 0 Å². The number of piperazine rings is 1. The molecule has 2 aliphatic heterocycles. The molecule has 1 saturated heterocycles. The van der Waals surface area contributed by atoms with Crippen molar-refractivity contribution in [2.45, 2.75) is 39.5 Å². The topological polar surface area (TPSA) is 62.3 Å². The molecular weight excluding hydrogens is 406 g/mol. The number of carbonyl (C=O) groups is 2. The van der Waals surface area contributed by atoms with Gasteiger partial charge in [0.15, 0.2) is 0 Å². The van der Waals surface area contributed by atoms with E-state index < -0.39 is 5.60 Å². The Balaban J connectivity index is 1.41. The van der Waals surface area contributed by atoms with Crippen LogP contribution >= 0.6 is 0 Å². The molecule has 2 aromatic carbocycles. The summed E-state index contributed by atoms with van der Waals surface area (Å²) in [6, 6.07) is 13.9. The molecule has 0 N–H and O–H groups in total. The molecular formula is C25H31N3O4. The van der Waals surface area contributed by atoms with Crippen LogP contribution in [0.2, 0.25) is 0 Å². The van der Waals surface area contributed by atoms with E-state index in [2.05, 4.69) is 11.0 Å². The third-order valence-corrected chi connectivity index (χ3v) is 5.82. The van der Waals surface area contributed by atoms with Crippen molar-refractivity contribution in [3.05, 3.63) is 59.2 Å². The van der Waals surface area contributed by atoms with Crippen LogP contribution in [0.5, 0.6) is 5.75 Å². The average molecular weight is 438 g/mol. The number of amides is 2. The van der Waals surface area contributed by atoms with Crippen LogP contribution in [0.3, 0.4) is 0 Å². The third-order valence-electron chi connectivity index (χ3n) is 5.82. The molecule has 170 valence electrons. The Bertz CT molecular complexity index is 1010. The second-order valence-corrected chi connectivity index (χ2v) is 9.27. The van der Waals surface area contributed by atoms with Gasteiger partial charge in [-0.05, 0) is 44.5 Å². The molecule has 7 heteroatoms. The standard InChI is InChI=1S/C25H31N3O4/c1-25(2,3)32-24(30)27-13-11-26(12-14-27)20-10-9-18-16-28(23(29)21(18)15-20)17-19-7-5-6-8-22(19)31-4/h5-10,15H,11-14,16-17H2,1-4H3. The van der Waals surface area contributed by atoms with E-state index in [-0.39, 0.29) is 12.0 Å². The number of nitrogens with zero attached hydrogens (tertiary/aromatic N) is 3. The molecule has 7 nitrogen and oxygen atoms in total. The first-order valence-corrected chi connectivity index (χ1v) is 11.0. The Kier molecular flexibility index (Phi) is 6.00. The van der Waals surface area contributed by atoms with Gasteiger partial charge in [0, 0.05) is 56.1 Å². The first-order chi connectivity index (χ1) is 15.2. The molecule has 0 aromatic heterocycles. The highest BCUT2D eigenvalue weighted by Gasteiger charge is 2.30. The van der Waals surface area contributed by atoms with Gasteiger partial charge in [0.1, 0.15) is 11.4 Å². The molecule has 32 heavy (non-hydrogen) atoms. The summed E-state index contributed by atoms with van der Waals surface area (Å²) in [6.45, 7) is 9.34. The Hall–Kier alpha value is -3.22. The largest absolute Gasteiger partial charge is 0.496 e. The predicted octanol–water partition coefficient (Wildman–Crippen LogP) is 3.91. The van der Waals surface area contributed by atoms with Crippen LogP contribution in [0, 0.1) is 0 Å². The lowest BCUT2D eigenvalue weighted by Gasteiger charge is -2.36. The summed E-state index contributed by atoms with van der Waals surface area (Å²) >= 11 is 0. The van der Waals surface area contributed by atoms with E-state index in [0.717, 1.165) is 28.1 Å². The molecule has 0 atom stereocenters. The third kappa shape index (κ3) is 4.66. The number of anilines is 1. The van der Waals surface area contributed by atoms with E-state index in [1.165, 1.54) is 0 Å². The van der Waals surface area contributed by atoms with Gasteiger partial charge in [0.05, 0.1) is 7.11 Å². The minimum absolute atomic E-state index is 0.0418. The molecule has 0 radical (unpaired) electrons. The highest BCUT2D eigenvalue weighted by Crippen LogP contribution is 2.30. The van der Waals surface area contributed by atoms with Crippen LogP contribution in [-0.4, -0.2) is 60.7 Å². The van der Waals surface area contributed by atoms with Gasteiger partial charge in [0.25, 0.3) is 5.91 Å². The molecule has 1 fully saturated rings. The maximum absolute atomic E-state index is 13.1. The number of hydrogen-bond donors (Lipinski definition) is 0. The summed E-state index contributed by atoms with van der Waals surface area (Å²) in [7, 11) is 1.65. The lowest BCUT2D eigenvalue weighted by Crippen LogP contribution is -2.50. The van der Waals surface area contributed by atoms with Gasteiger partial charge < -0.3 is 24.2 Å². The summed E-state index contributed by atoms with van der Waals surface area (Å²) in [4.78, 5) is 31.2. The van der Waals surface area contributed by atoms with Gasteiger partial charge in [-0.2, -0.15) is 0 Å². The fourth-order valence-corrected chi connectivity index (χ4v) is 4.19. The van der Waals surface area contributed by atoms with E-state index in [9.17, 15) is 9.59 Å². The van der Waals surface area contributed by atoms with Crippen LogP contribution in [-0.2, 0) is 17.8 Å². The minimum Gasteiger partial charge on any atom is -0.496 e. The number of methoxy groups -OCH3 is 1. The van der Waals surface area contributed by atoms with Crippen LogP contribution in [0.1, 0.15) is 42.3 Å². The highest BCUT2D eigenvalue weighted by molar-refractivity contribution is 5.99. The summed E-state index contributed by atoms with van der Waals surface area (Å²) in [5.41, 5.74) is 3.31. The molecule has 0 aliphatic carbocycles. The van der Waals surface area contributed by atoms with E-state index in [0.29, 0.717) is 39.3 Å². The predicted molar refractivity (Wildman–Crippen MR) is 123 cm³/mol. The number of hydrogen-bond acceptors (Lipinski definition) is 5. The van der Waals surface area contributed by atoms with Crippen LogP contribution in [0.4, 0.5) is 10.5 Å². The Labute approximate surface area is 189 Å². The van der Waals surface area contributed by atoms with Gasteiger partial charge in [0.2, 0.25) is 0 Å². The van der Waals surface area contributed by atoms with Crippen molar-refractivity contribution in [3.8, 4) is 5.75 Å². The van der Waals surface area contributed by atoms with Gasteiger partial charge >= 0.3 is 6.09 Å². The van der Waals surface area contributed by atoms with Crippen molar-refractivity contribution in [2.75, 3.05) is 38.2 Å². The first kappa shape index (κ1) is 22.0. The second kappa shape index (κ2) is 8.73. The Morgan fingerprint density at radius 2 is 1.75 bits per heavy atom. The molecule has 0 bridgehead atoms. The zero-order valence-corrected chi connectivity index (χ0v) is 19.3. The molecule has 0 spiro atoms. The van der Waals surface area contributed by atoms with E-state index in [1.54, 1.807) is 12.0 Å². The Morgan fingerprint density at radius 1 is 1.03 bits per heavy atom. The molecule has 4 rings (SSSR count). The van der Waals surface area contributed by atoms with Gasteiger partial charge in [-0.3, -0.25) is 4.79 Å². The maximum Gasteiger partial charge on any atom is 0.410 e. The minimum atomic E-state index is -0.496. The number of fused-ring (bicyclic) bond motifs is 1. The molecule has 2 heterocycles. The fourth-order valence-electron chi connectivity index (χ4n) is 4.19. The van der Waals surface area contributed by atoms with Gasteiger partial charge in [-0.15, -0.1) is 0 Å². The Morgan fingerprint density at radius 3 is 2.44 bits per heavy atom. The van der Waals surface area contributed by atoms with Crippen LogP contribution in [0.15, 0.2) is 42.5 Å². The summed E-state index contributed by atoms with van der Waals surface area (Å²) < 4.78 is 10.9. The molecule has 0 saturated carbocycles. The molecule has 2 aromatic rings. The lowest BCUT2D eigenvalue weighted by atomic mass is 10.1. The van der Waals surface area contributed by atoms with Crippen molar-refractivity contribution in [3.63, 3.8) is 0 Å². The van der Waals surface area contributed by atoms with E-state index in [1.807, 2.05) is 62.1 Å². The van der Waals surface area contributed by atoms with Gasteiger partial charge in [-0.25, -0.2) is 4.79 Å². The lowest BCUT2D eigenvalue weighted by molar-refractivity contribution is 0.0240. The monoisotopic (exact) mass is 437 g/mol. The van der Waals surface area contributed by atoms with Crippen LogP contribution < -0.4 is 9.64 Å². The maximum atomic E-state index is 13.1. The van der Waals surface area contributed by atoms with Crippen LogP contribution in [0.25, 0.3) is 0 Å². The zero-order chi connectivity index (χ0) is 22.9. The highest BCUT2D eigenvalue weighted by atomic mass is 16.6. The first-order valence-electron chi connectivity index (χ1n) is 11.0. The molecule has 0 unspecified atom stereocenters. The zero-order valence-electron chi connectivity index (χ0n) is 19.3. The average Bonchev–Trinajstić information content (AvgIpc) is 3.08. The van der Waals surface area contributed by atoms with Crippen molar-refractivity contribution in [1.82, 2.24) is 9.80 Å². The molecule has 2 amide bonds. The summed E-state index contributed by atoms with van der Waals surface area (Å²) in [5.74, 6) is 0.833. The smallest absolute Gasteiger partial charge is 0.410 e. The number of para-hydroxylation sites is 1. The van der Waals surface area contributed by atoms with Crippen molar-refractivity contribution in [1.29, 1.82) is 0 Å². The van der Waals surface area contributed by atoms with E-state index >= 15 is 0 Å². The van der Waals surface area contributed by atoms with Gasteiger partial charge in [-0.1, -0.05) is 24.3 Å². The second-order valence-electron chi connectivity index (χ2n) is 9.27. The normalized spacial score (nSPS) is 16.2. The number of rotatable bonds is 4. The number of carbonyl (C=O) groups excluding carboxylic acids is 2. The quantitative estimate of drug-likeness (QED) is 0.726. The summed E-state index contributed by atoms with van der Waals surface area (Å²) in [5, 5.41) is 0. The fraction of sp³-hybridized carbons (Fsp3) is 0.440. The SMILES string of the molecule is COc1ccccc1CN1Cc2ccc(N3CCN(C(=O)OC(C)(C)C)CC3)cc2C1=O. The summed E-state index contributed by atoms with van der Waals surface area (Å²) in [6.07, 6.45) is -0.270.